The summed E-state index contributed by atoms with van der Waals surface area (Å²) in [6.45, 7) is 10.2. The molecule has 0 rings (SSSR count). The van der Waals surface area contributed by atoms with Crippen LogP contribution in [0.2, 0.25) is 0 Å². The Morgan fingerprint density at radius 1 is 1.23 bits per heavy atom. The van der Waals surface area contributed by atoms with Crippen LogP contribution < -0.4 is 5.32 Å². The lowest BCUT2D eigenvalue weighted by Gasteiger charge is -2.22. The van der Waals surface area contributed by atoms with Crippen LogP contribution in [0.25, 0.3) is 0 Å². The molecule has 2 nitrogen and oxygen atoms in total. The van der Waals surface area contributed by atoms with Crippen molar-refractivity contribution in [1.29, 1.82) is 0 Å². The molecule has 3 atom stereocenters. The fourth-order valence-corrected chi connectivity index (χ4v) is 1.26. The Morgan fingerprint density at radius 2 is 1.85 bits per heavy atom. The van der Waals surface area contributed by atoms with Crippen molar-refractivity contribution in [3.63, 3.8) is 0 Å². The van der Waals surface area contributed by atoms with Gasteiger partial charge in [0.15, 0.2) is 0 Å². The van der Waals surface area contributed by atoms with Crippen LogP contribution in [-0.4, -0.2) is 24.3 Å². The summed E-state index contributed by atoms with van der Waals surface area (Å²) in [5.74, 6) is 1.32. The van der Waals surface area contributed by atoms with E-state index in [4.69, 9.17) is 5.11 Å². The summed E-state index contributed by atoms with van der Waals surface area (Å²) in [6.07, 6.45) is 2.13. The lowest BCUT2D eigenvalue weighted by molar-refractivity contribution is 0.254. The van der Waals surface area contributed by atoms with Gasteiger partial charge in [0.1, 0.15) is 0 Å². The molecular weight excluding hydrogens is 162 g/mol. The fraction of sp³-hybridized carbons (Fsp3) is 1.00. The number of rotatable bonds is 7. The maximum atomic E-state index is 8.73. The molecule has 0 aliphatic heterocycles. The van der Waals surface area contributed by atoms with Gasteiger partial charge in [-0.2, -0.15) is 0 Å². The second-order valence-electron chi connectivity index (χ2n) is 4.20. The number of aliphatic hydroxyl groups excluding tert-OH is 1. The van der Waals surface area contributed by atoms with E-state index in [2.05, 4.69) is 33.0 Å². The zero-order chi connectivity index (χ0) is 10.3. The van der Waals surface area contributed by atoms with Crippen LogP contribution in [0.1, 0.15) is 40.5 Å². The molecule has 3 unspecified atom stereocenters. The van der Waals surface area contributed by atoms with Crippen molar-refractivity contribution in [1.82, 2.24) is 5.32 Å². The summed E-state index contributed by atoms with van der Waals surface area (Å²) < 4.78 is 0. The fourth-order valence-electron chi connectivity index (χ4n) is 1.26. The average Bonchev–Trinajstić information content (AvgIpc) is 2.13. The Bertz CT molecular complexity index is 117. The second-order valence-corrected chi connectivity index (χ2v) is 4.20. The molecule has 0 saturated heterocycles. The van der Waals surface area contributed by atoms with E-state index in [9.17, 15) is 0 Å². The van der Waals surface area contributed by atoms with Gasteiger partial charge in [0.05, 0.1) is 0 Å². The van der Waals surface area contributed by atoms with Gasteiger partial charge >= 0.3 is 0 Å². The highest BCUT2D eigenvalue weighted by Crippen LogP contribution is 2.07. The van der Waals surface area contributed by atoms with Crippen LogP contribution in [0, 0.1) is 11.8 Å². The van der Waals surface area contributed by atoms with Gasteiger partial charge in [-0.05, 0) is 31.7 Å². The number of nitrogens with one attached hydrogen (secondary N) is 1. The highest BCUT2D eigenvalue weighted by Gasteiger charge is 2.10. The second kappa shape index (κ2) is 7.34. The molecule has 0 heterocycles. The van der Waals surface area contributed by atoms with Crippen molar-refractivity contribution in [2.24, 2.45) is 11.8 Å². The third kappa shape index (κ3) is 6.05. The van der Waals surface area contributed by atoms with Crippen LogP contribution in [0.5, 0.6) is 0 Å². The maximum absolute atomic E-state index is 8.73. The largest absolute Gasteiger partial charge is 0.396 e. The molecule has 0 aliphatic carbocycles. The van der Waals surface area contributed by atoms with Crippen molar-refractivity contribution in [2.45, 2.75) is 46.6 Å². The molecule has 0 aliphatic rings. The third-order valence-corrected chi connectivity index (χ3v) is 2.91. The number of hydrogen-bond donors (Lipinski definition) is 2. The molecule has 0 amide bonds. The van der Waals surface area contributed by atoms with Crippen LogP contribution in [-0.2, 0) is 0 Å². The summed E-state index contributed by atoms with van der Waals surface area (Å²) in [4.78, 5) is 0. The minimum absolute atomic E-state index is 0.306. The zero-order valence-electron chi connectivity index (χ0n) is 9.51. The van der Waals surface area contributed by atoms with Crippen molar-refractivity contribution >= 4 is 0 Å². The molecule has 0 radical (unpaired) electrons. The molecule has 0 bridgehead atoms. The molecule has 0 aromatic rings. The van der Waals surface area contributed by atoms with Gasteiger partial charge in [-0.1, -0.05) is 27.2 Å². The minimum atomic E-state index is 0.306. The number of hydrogen-bond acceptors (Lipinski definition) is 2. The molecule has 2 heteroatoms. The van der Waals surface area contributed by atoms with Crippen molar-refractivity contribution in [2.75, 3.05) is 13.2 Å². The Balaban J connectivity index is 3.50. The van der Waals surface area contributed by atoms with Crippen LogP contribution >= 0.6 is 0 Å². The first-order valence-corrected chi connectivity index (χ1v) is 5.46. The Labute approximate surface area is 82.7 Å². The van der Waals surface area contributed by atoms with E-state index < -0.39 is 0 Å². The van der Waals surface area contributed by atoms with Gasteiger partial charge in [-0.25, -0.2) is 0 Å². The summed E-state index contributed by atoms with van der Waals surface area (Å²) in [5, 5.41) is 12.2. The van der Waals surface area contributed by atoms with Gasteiger partial charge in [0, 0.05) is 12.6 Å². The molecular formula is C11H25NO. The molecule has 80 valence electrons. The van der Waals surface area contributed by atoms with Gasteiger partial charge < -0.3 is 10.4 Å². The quantitative estimate of drug-likeness (QED) is 0.639. The topological polar surface area (TPSA) is 32.3 Å². The lowest BCUT2D eigenvalue weighted by Crippen LogP contribution is -2.35. The van der Waals surface area contributed by atoms with Crippen LogP contribution in [0.4, 0.5) is 0 Å². The highest BCUT2D eigenvalue weighted by molar-refractivity contribution is 4.68. The van der Waals surface area contributed by atoms with Crippen molar-refractivity contribution in [3.8, 4) is 0 Å². The SMILES string of the molecule is CCC(C)C(C)NCC(C)CCO. The first-order chi connectivity index (χ1) is 6.11. The predicted molar refractivity (Wildman–Crippen MR) is 57.8 cm³/mol. The van der Waals surface area contributed by atoms with Gasteiger partial charge in [-0.15, -0.1) is 0 Å². The maximum Gasteiger partial charge on any atom is 0.0434 e. The van der Waals surface area contributed by atoms with E-state index in [1.165, 1.54) is 6.42 Å². The van der Waals surface area contributed by atoms with E-state index >= 15 is 0 Å². The first-order valence-electron chi connectivity index (χ1n) is 5.46. The monoisotopic (exact) mass is 187 g/mol. The van der Waals surface area contributed by atoms with E-state index in [1.54, 1.807) is 0 Å². The number of aliphatic hydroxyl groups is 1. The minimum Gasteiger partial charge on any atom is -0.396 e. The normalized spacial score (nSPS) is 18.2. The summed E-state index contributed by atoms with van der Waals surface area (Å²) in [7, 11) is 0. The molecule has 13 heavy (non-hydrogen) atoms. The molecule has 0 spiro atoms. The smallest absolute Gasteiger partial charge is 0.0434 e. The molecule has 0 saturated carbocycles. The molecule has 2 N–H and O–H groups in total. The third-order valence-electron chi connectivity index (χ3n) is 2.91. The zero-order valence-corrected chi connectivity index (χ0v) is 9.51. The summed E-state index contributed by atoms with van der Waals surface area (Å²) >= 11 is 0. The van der Waals surface area contributed by atoms with E-state index in [1.807, 2.05) is 0 Å². The average molecular weight is 187 g/mol. The standard InChI is InChI=1S/C11H25NO/c1-5-10(3)11(4)12-8-9(2)6-7-13/h9-13H,5-8H2,1-4H3. The van der Waals surface area contributed by atoms with Crippen molar-refractivity contribution in [3.05, 3.63) is 0 Å². The Morgan fingerprint density at radius 3 is 2.31 bits per heavy atom. The van der Waals surface area contributed by atoms with Gasteiger partial charge in [-0.3, -0.25) is 0 Å². The van der Waals surface area contributed by atoms with Crippen LogP contribution in [0.3, 0.4) is 0 Å². The lowest BCUT2D eigenvalue weighted by atomic mass is 10.00. The van der Waals surface area contributed by atoms with Gasteiger partial charge in [0.2, 0.25) is 0 Å². The first kappa shape index (κ1) is 12.9. The van der Waals surface area contributed by atoms with E-state index in [-0.39, 0.29) is 0 Å². The van der Waals surface area contributed by atoms with Crippen LogP contribution in [0.15, 0.2) is 0 Å². The molecule has 0 fully saturated rings. The Hall–Kier alpha value is -0.0800. The van der Waals surface area contributed by atoms with E-state index in [0.717, 1.165) is 18.9 Å². The Kier molecular flexibility index (Phi) is 7.29. The predicted octanol–water partition coefficient (Wildman–Crippen LogP) is 2.03. The summed E-state index contributed by atoms with van der Waals surface area (Å²) in [5.41, 5.74) is 0. The molecule has 0 aromatic carbocycles. The van der Waals surface area contributed by atoms with E-state index in [0.29, 0.717) is 18.6 Å². The highest BCUT2D eigenvalue weighted by atomic mass is 16.3. The summed E-state index contributed by atoms with van der Waals surface area (Å²) in [6, 6.07) is 0.589. The van der Waals surface area contributed by atoms with Crippen molar-refractivity contribution < 1.29 is 5.11 Å². The van der Waals surface area contributed by atoms with Gasteiger partial charge in [0.25, 0.3) is 0 Å². The molecule has 0 aromatic heterocycles.